The van der Waals surface area contributed by atoms with Gasteiger partial charge >= 0.3 is 0 Å². The molecule has 1 aliphatic heterocycles. The van der Waals surface area contributed by atoms with Crippen LogP contribution in [0.2, 0.25) is 0 Å². The molecule has 0 unspecified atom stereocenters. The first-order chi connectivity index (χ1) is 13.8. The van der Waals surface area contributed by atoms with Gasteiger partial charge in [-0.25, -0.2) is 4.90 Å². The largest absolute Gasteiger partial charge is 0.322 e. The summed E-state index contributed by atoms with van der Waals surface area (Å²) in [5.41, 5.74) is 4.59. The minimum atomic E-state index is -0.338. The summed E-state index contributed by atoms with van der Waals surface area (Å²) in [4.78, 5) is 40.3. The molecule has 0 saturated carbocycles. The molecule has 0 bridgehead atoms. The number of nitrogens with one attached hydrogen (secondary N) is 1. The van der Waals surface area contributed by atoms with Crippen LogP contribution in [0.25, 0.3) is 0 Å². The maximum atomic E-state index is 13.1. The number of carbonyl (C=O) groups is 3. The summed E-state index contributed by atoms with van der Waals surface area (Å²) in [6, 6.07) is 12.6. The quantitative estimate of drug-likeness (QED) is 0.626. The fraction of sp³-hybridized carbons (Fsp3) is 0.292. The normalized spacial score (nSPS) is 21.1. The predicted octanol–water partition coefficient (Wildman–Crippen LogP) is 4.40. The van der Waals surface area contributed by atoms with Crippen LogP contribution < -0.4 is 10.2 Å². The number of imide groups is 1. The Hall–Kier alpha value is -3.21. The van der Waals surface area contributed by atoms with Gasteiger partial charge in [0.25, 0.3) is 5.91 Å². The van der Waals surface area contributed by atoms with Crippen LogP contribution in [0.1, 0.15) is 41.3 Å². The Kier molecular flexibility index (Phi) is 4.82. The van der Waals surface area contributed by atoms with Gasteiger partial charge < -0.3 is 5.32 Å². The number of nitrogens with zero attached hydrogens (tertiary/aromatic N) is 1. The van der Waals surface area contributed by atoms with E-state index in [4.69, 9.17) is 0 Å². The van der Waals surface area contributed by atoms with Crippen LogP contribution in [0.5, 0.6) is 0 Å². The zero-order valence-corrected chi connectivity index (χ0v) is 16.9. The molecule has 1 fully saturated rings. The number of allylic oxidation sites excluding steroid dienone is 2. The highest BCUT2D eigenvalue weighted by atomic mass is 16.2. The second kappa shape index (κ2) is 7.32. The molecule has 148 valence electrons. The van der Waals surface area contributed by atoms with Crippen molar-refractivity contribution in [3.63, 3.8) is 0 Å². The zero-order chi connectivity index (χ0) is 20.7. The molecule has 1 aliphatic carbocycles. The summed E-state index contributed by atoms with van der Waals surface area (Å²) in [6.07, 6.45) is 3.21. The molecule has 2 aliphatic rings. The third-order valence-electron chi connectivity index (χ3n) is 5.69. The Bertz CT molecular complexity index is 1030. The van der Waals surface area contributed by atoms with Gasteiger partial charge in [0.15, 0.2) is 0 Å². The van der Waals surface area contributed by atoms with Crippen LogP contribution in [0, 0.1) is 25.7 Å². The highest BCUT2D eigenvalue weighted by molar-refractivity contribution is 6.25. The van der Waals surface area contributed by atoms with Crippen molar-refractivity contribution < 1.29 is 14.4 Å². The van der Waals surface area contributed by atoms with Crippen molar-refractivity contribution in [1.29, 1.82) is 0 Å². The van der Waals surface area contributed by atoms with Gasteiger partial charge in [-0.2, -0.15) is 0 Å². The standard InChI is InChI=1S/C24H24N2O3/c1-14-8-9-18-20(13-14)24(29)26(23(18)28)21-7-5-4-6-19(21)22(27)25-17-11-15(2)10-16(3)12-17/h4-8,10-12,18,20H,9,13H2,1-3H3,(H,25,27)/t18-,20-/m0/s1. The monoisotopic (exact) mass is 388 g/mol. The van der Waals surface area contributed by atoms with Gasteiger partial charge in [-0.1, -0.05) is 29.8 Å². The molecular formula is C24H24N2O3. The second-order valence-corrected chi connectivity index (χ2v) is 8.06. The van der Waals surface area contributed by atoms with E-state index in [0.717, 1.165) is 16.7 Å². The van der Waals surface area contributed by atoms with Gasteiger partial charge in [-0.15, -0.1) is 0 Å². The van der Waals surface area contributed by atoms with E-state index < -0.39 is 0 Å². The van der Waals surface area contributed by atoms with Gasteiger partial charge in [0.2, 0.25) is 11.8 Å². The summed E-state index contributed by atoms with van der Waals surface area (Å²) in [7, 11) is 0. The predicted molar refractivity (Wildman–Crippen MR) is 113 cm³/mol. The highest BCUT2D eigenvalue weighted by Gasteiger charge is 2.49. The molecule has 3 amide bonds. The van der Waals surface area contributed by atoms with Gasteiger partial charge in [0, 0.05) is 5.69 Å². The van der Waals surface area contributed by atoms with Gasteiger partial charge in [0.1, 0.15) is 0 Å². The maximum Gasteiger partial charge on any atom is 0.257 e. The van der Waals surface area contributed by atoms with Gasteiger partial charge in [0.05, 0.1) is 23.1 Å². The van der Waals surface area contributed by atoms with Crippen LogP contribution in [0.4, 0.5) is 11.4 Å². The molecule has 29 heavy (non-hydrogen) atoms. The lowest BCUT2D eigenvalue weighted by Crippen LogP contribution is -2.33. The summed E-state index contributed by atoms with van der Waals surface area (Å²) in [5, 5.41) is 2.90. The van der Waals surface area contributed by atoms with Crippen LogP contribution >= 0.6 is 0 Å². The summed E-state index contributed by atoms with van der Waals surface area (Å²) in [6.45, 7) is 5.92. The van der Waals surface area contributed by atoms with E-state index in [2.05, 4.69) is 5.32 Å². The summed E-state index contributed by atoms with van der Waals surface area (Å²) >= 11 is 0. The molecule has 2 aromatic carbocycles. The first-order valence-electron chi connectivity index (χ1n) is 9.87. The number of carbonyl (C=O) groups excluding carboxylic acids is 3. The molecule has 4 rings (SSSR count). The fourth-order valence-electron chi connectivity index (χ4n) is 4.38. The molecule has 5 nitrogen and oxygen atoms in total. The fourth-order valence-corrected chi connectivity index (χ4v) is 4.38. The number of benzene rings is 2. The lowest BCUT2D eigenvalue weighted by Gasteiger charge is -2.19. The Balaban J connectivity index is 1.66. The van der Waals surface area contributed by atoms with E-state index in [1.807, 2.05) is 45.0 Å². The maximum absolute atomic E-state index is 13.1. The van der Waals surface area contributed by atoms with E-state index in [9.17, 15) is 14.4 Å². The van der Waals surface area contributed by atoms with Crippen molar-refractivity contribution in [2.75, 3.05) is 10.2 Å². The third kappa shape index (κ3) is 3.48. The lowest BCUT2D eigenvalue weighted by molar-refractivity contribution is -0.122. The Labute approximate surface area is 170 Å². The van der Waals surface area contributed by atoms with E-state index in [1.54, 1.807) is 24.3 Å². The van der Waals surface area contributed by atoms with Crippen molar-refractivity contribution in [1.82, 2.24) is 0 Å². The van der Waals surface area contributed by atoms with Gasteiger partial charge in [-0.05, 0) is 69.0 Å². The first-order valence-corrected chi connectivity index (χ1v) is 9.87. The van der Waals surface area contributed by atoms with Crippen molar-refractivity contribution in [2.45, 2.75) is 33.6 Å². The molecule has 0 radical (unpaired) electrons. The number of rotatable bonds is 3. The van der Waals surface area contributed by atoms with Crippen LogP contribution in [-0.4, -0.2) is 17.7 Å². The number of hydrogen-bond donors (Lipinski definition) is 1. The number of hydrogen-bond acceptors (Lipinski definition) is 3. The second-order valence-electron chi connectivity index (χ2n) is 8.06. The minimum absolute atomic E-state index is 0.209. The molecule has 1 N–H and O–H groups in total. The zero-order valence-electron chi connectivity index (χ0n) is 16.9. The molecule has 2 atom stereocenters. The van der Waals surface area contributed by atoms with Crippen molar-refractivity contribution in [3.8, 4) is 0 Å². The first kappa shape index (κ1) is 19.1. The number of anilines is 2. The van der Waals surface area contributed by atoms with Crippen LogP contribution in [0.15, 0.2) is 54.1 Å². The number of amides is 3. The lowest BCUT2D eigenvalue weighted by atomic mass is 9.82. The number of para-hydroxylation sites is 1. The van der Waals surface area contributed by atoms with E-state index in [1.165, 1.54) is 4.90 Å². The van der Waals surface area contributed by atoms with Crippen LogP contribution in [-0.2, 0) is 9.59 Å². The molecule has 1 heterocycles. The van der Waals surface area contributed by atoms with Crippen LogP contribution in [0.3, 0.4) is 0 Å². The Morgan fingerprint density at radius 1 is 0.966 bits per heavy atom. The summed E-state index contributed by atoms with van der Waals surface area (Å²) in [5.74, 6) is -1.42. The number of aryl methyl sites for hydroxylation is 2. The highest BCUT2D eigenvalue weighted by Crippen LogP contribution is 2.40. The molecule has 1 saturated heterocycles. The van der Waals surface area contributed by atoms with E-state index >= 15 is 0 Å². The van der Waals surface area contributed by atoms with Gasteiger partial charge in [-0.3, -0.25) is 14.4 Å². The summed E-state index contributed by atoms with van der Waals surface area (Å²) < 4.78 is 0. The Morgan fingerprint density at radius 3 is 2.34 bits per heavy atom. The third-order valence-corrected chi connectivity index (χ3v) is 5.69. The average molecular weight is 388 g/mol. The van der Waals surface area contributed by atoms with Crippen molar-refractivity contribution in [2.24, 2.45) is 11.8 Å². The molecule has 0 spiro atoms. The molecule has 5 heteroatoms. The minimum Gasteiger partial charge on any atom is -0.322 e. The van der Waals surface area contributed by atoms with Crippen molar-refractivity contribution in [3.05, 3.63) is 70.8 Å². The van der Waals surface area contributed by atoms with E-state index in [-0.39, 0.29) is 29.6 Å². The Morgan fingerprint density at radius 2 is 1.62 bits per heavy atom. The molecule has 2 aromatic rings. The smallest absolute Gasteiger partial charge is 0.257 e. The van der Waals surface area contributed by atoms with E-state index in [0.29, 0.717) is 29.8 Å². The average Bonchev–Trinajstić information content (AvgIpc) is 2.91. The topological polar surface area (TPSA) is 66.5 Å². The SMILES string of the molecule is CC1=CC[C@@H]2C(=O)N(c3ccccc3C(=O)Nc3cc(C)cc(C)c3)C(=O)[C@H]2C1. The van der Waals surface area contributed by atoms with Crippen molar-refractivity contribution >= 4 is 29.1 Å². The number of fused-ring (bicyclic) bond motifs is 1. The molecular weight excluding hydrogens is 364 g/mol. The molecule has 0 aromatic heterocycles.